The molecule has 0 spiro atoms. The number of sulfonamides is 1. The number of hydrogen-bond donors (Lipinski definition) is 1. The predicted octanol–water partition coefficient (Wildman–Crippen LogP) is 6.37. The molecule has 0 radical (unpaired) electrons. The molecule has 0 aliphatic carbocycles. The topological polar surface area (TPSA) is 49.4 Å². The third kappa shape index (κ3) is 5.41. The molecule has 2 aromatic carbocycles. The minimum Gasteiger partial charge on any atom is -0.382 e. The fourth-order valence-corrected chi connectivity index (χ4v) is 5.48. The predicted molar refractivity (Wildman–Crippen MR) is 107 cm³/mol. The molecule has 4 nitrogen and oxygen atoms in total. The van der Waals surface area contributed by atoms with Gasteiger partial charge in [0.25, 0.3) is 0 Å². The van der Waals surface area contributed by atoms with Gasteiger partial charge in [-0.15, -0.1) is 0 Å². The maximum Gasteiger partial charge on any atom is 0.310 e. The Bertz CT molecular complexity index is 1010. The lowest BCUT2D eigenvalue weighted by atomic mass is 10.1. The number of benzene rings is 2. The Morgan fingerprint density at radius 1 is 0.966 bits per heavy atom. The van der Waals surface area contributed by atoms with Gasteiger partial charge in [0.1, 0.15) is 4.90 Å². The van der Waals surface area contributed by atoms with Gasteiger partial charge in [-0.2, -0.15) is 4.31 Å². The molecule has 0 aromatic heterocycles. The van der Waals surface area contributed by atoms with Crippen molar-refractivity contribution >= 4 is 41.9 Å². The van der Waals surface area contributed by atoms with Crippen LogP contribution in [-0.2, 0) is 10.0 Å². The molecule has 1 N–H and O–H groups in total. The normalized spacial score (nSPS) is 19.4. The molecule has 0 amide bonds. The van der Waals surface area contributed by atoms with Crippen LogP contribution in [0.4, 0.5) is 25.1 Å². The number of halogens is 6. The van der Waals surface area contributed by atoms with E-state index in [4.69, 9.17) is 0 Å². The van der Waals surface area contributed by atoms with E-state index in [0.717, 1.165) is 10.5 Å². The van der Waals surface area contributed by atoms with E-state index < -0.39 is 25.1 Å². The van der Waals surface area contributed by atoms with Crippen LogP contribution in [0.3, 0.4) is 0 Å². The second-order valence-electron chi connectivity index (χ2n) is 6.77. The molecular formula is C17H18BrF5N2O2S2. The lowest BCUT2D eigenvalue weighted by Crippen LogP contribution is -2.42. The summed E-state index contributed by atoms with van der Waals surface area (Å²) in [4.78, 5) is -1.80. The van der Waals surface area contributed by atoms with Gasteiger partial charge in [0.2, 0.25) is 10.0 Å². The third-order valence-electron chi connectivity index (χ3n) is 4.56. The summed E-state index contributed by atoms with van der Waals surface area (Å²) in [6, 6.07) is 8.80. The molecule has 1 aliphatic rings. The molecular weight excluding hydrogens is 503 g/mol. The van der Waals surface area contributed by atoms with E-state index in [0.29, 0.717) is 25.0 Å². The SMILES string of the molecule is O=S(=O)(c1ccc(Br)cc1)N1CCC(Nc2cccc(S(F)(F)(F)(F)F)c2)CC1. The Balaban J connectivity index is 1.67. The highest BCUT2D eigenvalue weighted by molar-refractivity contribution is 9.10. The smallest absolute Gasteiger partial charge is 0.310 e. The zero-order valence-corrected chi connectivity index (χ0v) is 18.1. The van der Waals surface area contributed by atoms with Gasteiger partial charge >= 0.3 is 10.2 Å². The van der Waals surface area contributed by atoms with Crippen LogP contribution < -0.4 is 5.32 Å². The molecule has 1 saturated heterocycles. The van der Waals surface area contributed by atoms with Crippen LogP contribution in [0.25, 0.3) is 0 Å². The molecule has 0 atom stereocenters. The Morgan fingerprint density at radius 2 is 1.55 bits per heavy atom. The minimum atomic E-state index is -9.75. The van der Waals surface area contributed by atoms with Crippen LogP contribution in [0.5, 0.6) is 0 Å². The van der Waals surface area contributed by atoms with Crippen molar-refractivity contribution in [3.8, 4) is 0 Å². The van der Waals surface area contributed by atoms with Crippen LogP contribution in [-0.4, -0.2) is 31.9 Å². The Morgan fingerprint density at radius 3 is 2.10 bits per heavy atom. The summed E-state index contributed by atoms with van der Waals surface area (Å²) >= 11 is 3.24. The van der Waals surface area contributed by atoms with Crippen molar-refractivity contribution in [2.45, 2.75) is 28.7 Å². The first kappa shape index (κ1) is 22.3. The molecule has 12 heteroatoms. The highest BCUT2D eigenvalue weighted by Gasteiger charge is 2.65. The van der Waals surface area contributed by atoms with Crippen molar-refractivity contribution in [1.82, 2.24) is 4.31 Å². The lowest BCUT2D eigenvalue weighted by molar-refractivity contribution is 0.329. The van der Waals surface area contributed by atoms with E-state index in [1.165, 1.54) is 22.5 Å². The summed E-state index contributed by atoms with van der Waals surface area (Å²) < 4.78 is 92.3. The van der Waals surface area contributed by atoms with Gasteiger partial charge in [-0.3, -0.25) is 0 Å². The van der Waals surface area contributed by atoms with Gasteiger partial charge in [-0.25, -0.2) is 8.42 Å². The van der Waals surface area contributed by atoms with Crippen LogP contribution in [0.15, 0.2) is 62.8 Å². The van der Waals surface area contributed by atoms with Crippen LogP contribution in [0, 0.1) is 0 Å². The summed E-state index contributed by atoms with van der Waals surface area (Å²) in [6.07, 6.45) is 0.660. The van der Waals surface area contributed by atoms with Gasteiger partial charge in [-0.05, 0) is 55.3 Å². The summed E-state index contributed by atoms with van der Waals surface area (Å²) in [7, 11) is -13.4. The molecule has 162 valence electrons. The van der Waals surface area contributed by atoms with Gasteiger partial charge in [0, 0.05) is 29.3 Å². The standard InChI is InChI=1S/C17H18BrF5N2O2S2/c18-13-4-6-16(7-5-13)28(26,27)25-10-8-14(9-11-25)24-15-2-1-3-17(12-15)29(19,20,21,22)23/h1-7,12,14,24H,8-11H2. The van der Waals surface area contributed by atoms with E-state index in [1.54, 1.807) is 12.1 Å². The number of rotatable bonds is 5. The summed E-state index contributed by atoms with van der Waals surface area (Å²) in [6.45, 7) is 0.328. The summed E-state index contributed by atoms with van der Waals surface area (Å²) in [5, 5.41) is 2.80. The largest absolute Gasteiger partial charge is 0.382 e. The average molecular weight is 521 g/mol. The number of anilines is 1. The van der Waals surface area contributed by atoms with Crippen molar-refractivity contribution in [2.24, 2.45) is 0 Å². The second-order valence-corrected chi connectivity index (χ2v) is 12.0. The van der Waals surface area contributed by atoms with Crippen molar-refractivity contribution in [3.63, 3.8) is 0 Å². The summed E-state index contributed by atoms with van der Waals surface area (Å²) in [5.74, 6) is 0. The number of hydrogen-bond acceptors (Lipinski definition) is 3. The van der Waals surface area contributed by atoms with E-state index >= 15 is 0 Å². The number of piperidine rings is 1. The van der Waals surface area contributed by atoms with E-state index in [1.807, 2.05) is 0 Å². The molecule has 1 aliphatic heterocycles. The average Bonchev–Trinajstić information content (AvgIpc) is 2.61. The van der Waals surface area contributed by atoms with Crippen molar-refractivity contribution in [3.05, 3.63) is 53.0 Å². The molecule has 1 fully saturated rings. The van der Waals surface area contributed by atoms with E-state index in [-0.39, 0.29) is 29.7 Å². The molecule has 29 heavy (non-hydrogen) atoms. The van der Waals surface area contributed by atoms with Gasteiger partial charge in [-0.1, -0.05) is 41.4 Å². The first-order valence-electron chi connectivity index (χ1n) is 8.52. The molecule has 0 unspecified atom stereocenters. The van der Waals surface area contributed by atoms with Crippen LogP contribution >= 0.6 is 26.2 Å². The van der Waals surface area contributed by atoms with E-state index in [9.17, 15) is 27.8 Å². The van der Waals surface area contributed by atoms with Crippen molar-refractivity contribution in [1.29, 1.82) is 0 Å². The van der Waals surface area contributed by atoms with Crippen LogP contribution in [0.1, 0.15) is 12.8 Å². The highest BCUT2D eigenvalue weighted by Crippen LogP contribution is 3.02. The number of nitrogens with one attached hydrogen (secondary N) is 1. The second kappa shape index (κ2) is 6.82. The Labute approximate surface area is 174 Å². The molecule has 2 aromatic rings. The van der Waals surface area contributed by atoms with Crippen LogP contribution in [0.2, 0.25) is 0 Å². The fraction of sp³-hybridized carbons (Fsp3) is 0.294. The summed E-state index contributed by atoms with van der Waals surface area (Å²) in [5.41, 5.74) is -0.0787. The fourth-order valence-electron chi connectivity index (χ4n) is 3.06. The highest BCUT2D eigenvalue weighted by atomic mass is 79.9. The first-order valence-corrected chi connectivity index (χ1v) is 12.7. The van der Waals surface area contributed by atoms with Crippen molar-refractivity contribution < 1.29 is 27.8 Å². The Kier molecular flexibility index (Phi) is 5.25. The third-order valence-corrected chi connectivity index (χ3v) is 8.14. The maximum absolute atomic E-state index is 13.0. The molecule has 0 bridgehead atoms. The zero-order chi connectivity index (χ0) is 21.6. The minimum absolute atomic E-state index is 0.0787. The molecule has 1 heterocycles. The zero-order valence-electron chi connectivity index (χ0n) is 14.9. The first-order chi connectivity index (χ1) is 13.1. The van der Waals surface area contributed by atoms with Gasteiger partial charge in [0.15, 0.2) is 0 Å². The van der Waals surface area contributed by atoms with Crippen molar-refractivity contribution in [2.75, 3.05) is 18.4 Å². The maximum atomic E-state index is 13.0. The monoisotopic (exact) mass is 520 g/mol. The Hall–Kier alpha value is -1.37. The lowest BCUT2D eigenvalue weighted by Gasteiger charge is -2.40. The van der Waals surface area contributed by atoms with E-state index in [2.05, 4.69) is 21.2 Å². The van der Waals surface area contributed by atoms with Gasteiger partial charge < -0.3 is 5.32 Å². The number of nitrogens with zero attached hydrogens (tertiary/aromatic N) is 1. The quantitative estimate of drug-likeness (QED) is 0.466. The molecule has 0 saturated carbocycles. The molecule has 3 rings (SSSR count). The van der Waals surface area contributed by atoms with Gasteiger partial charge in [0.05, 0.1) is 4.90 Å².